The van der Waals surface area contributed by atoms with Crippen LogP contribution in [0.25, 0.3) is 0 Å². The molecule has 1 fully saturated rings. The number of carboxylic acids is 1. The number of hydrogen-bond donors (Lipinski definition) is 1. The monoisotopic (exact) mass is 249 g/mol. The first kappa shape index (κ1) is 11.6. The van der Waals surface area contributed by atoms with Gasteiger partial charge in [-0.15, -0.1) is 11.8 Å². The molecule has 0 spiro atoms. The summed E-state index contributed by atoms with van der Waals surface area (Å²) in [4.78, 5) is 21.1. The summed E-state index contributed by atoms with van der Waals surface area (Å²) < 4.78 is 0. The average Bonchev–Trinajstić information content (AvgIpc) is 2.10. The summed E-state index contributed by atoms with van der Waals surface area (Å²) in [7, 11) is 0. The SMILES string of the molecule is CC1CC(=O)C(C(=O)O)S1.[Y]. The summed E-state index contributed by atoms with van der Waals surface area (Å²) in [6.45, 7) is 1.87. The number of thioether (sulfide) groups is 1. The second-order valence-electron chi connectivity index (χ2n) is 2.34. The van der Waals surface area contributed by atoms with Gasteiger partial charge in [0, 0.05) is 44.4 Å². The van der Waals surface area contributed by atoms with Gasteiger partial charge in [0.15, 0.2) is 11.0 Å². The van der Waals surface area contributed by atoms with Gasteiger partial charge >= 0.3 is 5.97 Å². The zero-order chi connectivity index (χ0) is 7.72. The first-order valence-corrected chi connectivity index (χ1v) is 3.96. The van der Waals surface area contributed by atoms with Crippen LogP contribution < -0.4 is 0 Å². The van der Waals surface area contributed by atoms with Gasteiger partial charge in [0.05, 0.1) is 0 Å². The van der Waals surface area contributed by atoms with E-state index < -0.39 is 11.2 Å². The first-order valence-electron chi connectivity index (χ1n) is 3.02. The summed E-state index contributed by atoms with van der Waals surface area (Å²) >= 11 is 1.23. The third kappa shape index (κ3) is 2.84. The van der Waals surface area contributed by atoms with Gasteiger partial charge in [-0.1, -0.05) is 6.92 Å². The molecule has 0 bridgehead atoms. The topological polar surface area (TPSA) is 54.4 Å². The minimum absolute atomic E-state index is 0. The molecule has 1 rings (SSSR count). The smallest absolute Gasteiger partial charge is 0.324 e. The molecule has 0 saturated carbocycles. The van der Waals surface area contributed by atoms with Crippen molar-refractivity contribution < 1.29 is 47.4 Å². The van der Waals surface area contributed by atoms with Gasteiger partial charge in [0.2, 0.25) is 0 Å². The quantitative estimate of drug-likeness (QED) is 0.689. The van der Waals surface area contributed by atoms with Gasteiger partial charge in [-0.2, -0.15) is 0 Å². The van der Waals surface area contributed by atoms with Crippen LogP contribution in [0.2, 0.25) is 0 Å². The summed E-state index contributed by atoms with van der Waals surface area (Å²) in [6.07, 6.45) is 0.404. The molecular formula is C6H8O3SY. The number of ketones is 1. The van der Waals surface area contributed by atoms with Crippen molar-refractivity contribution in [1.29, 1.82) is 0 Å². The Morgan fingerprint density at radius 3 is 2.45 bits per heavy atom. The molecule has 2 unspecified atom stereocenters. The van der Waals surface area contributed by atoms with Crippen molar-refractivity contribution in [1.82, 2.24) is 0 Å². The molecule has 0 aromatic rings. The van der Waals surface area contributed by atoms with Gasteiger partial charge in [0.25, 0.3) is 0 Å². The maximum Gasteiger partial charge on any atom is 0.324 e. The van der Waals surface area contributed by atoms with Crippen molar-refractivity contribution in [3.63, 3.8) is 0 Å². The summed E-state index contributed by atoms with van der Waals surface area (Å²) in [5.74, 6) is -1.15. The normalized spacial score (nSPS) is 29.7. The van der Waals surface area contributed by atoms with E-state index in [-0.39, 0.29) is 43.7 Å². The minimum Gasteiger partial charge on any atom is -0.480 e. The Morgan fingerprint density at radius 2 is 2.27 bits per heavy atom. The molecule has 59 valence electrons. The number of hydrogen-bond acceptors (Lipinski definition) is 3. The van der Waals surface area contributed by atoms with E-state index in [9.17, 15) is 9.59 Å². The van der Waals surface area contributed by atoms with Crippen LogP contribution in [0.4, 0.5) is 0 Å². The Morgan fingerprint density at radius 1 is 1.73 bits per heavy atom. The number of aliphatic carboxylic acids is 1. The van der Waals surface area contributed by atoms with Crippen LogP contribution >= 0.6 is 11.8 Å². The molecule has 3 nitrogen and oxygen atoms in total. The van der Waals surface area contributed by atoms with E-state index in [1.807, 2.05) is 6.92 Å². The van der Waals surface area contributed by atoms with E-state index in [4.69, 9.17) is 5.11 Å². The molecule has 1 radical (unpaired) electrons. The van der Waals surface area contributed by atoms with E-state index in [2.05, 4.69) is 0 Å². The molecule has 1 N–H and O–H groups in total. The zero-order valence-corrected chi connectivity index (χ0v) is 9.77. The van der Waals surface area contributed by atoms with E-state index in [0.29, 0.717) is 6.42 Å². The number of carbonyl (C=O) groups excluding carboxylic acids is 1. The summed E-state index contributed by atoms with van der Waals surface area (Å²) in [5, 5.41) is 7.84. The predicted molar refractivity (Wildman–Crippen MR) is 38.1 cm³/mol. The fourth-order valence-corrected chi connectivity index (χ4v) is 2.03. The standard InChI is InChI=1S/C6H8O3S.Y/c1-3-2-4(7)5(10-3)6(8)9;/h3,5H,2H2,1H3,(H,8,9);. The molecule has 0 aromatic heterocycles. The van der Waals surface area contributed by atoms with Gasteiger partial charge < -0.3 is 5.11 Å². The van der Waals surface area contributed by atoms with Crippen LogP contribution in [0, 0.1) is 0 Å². The Balaban J connectivity index is 0.000001000. The molecule has 11 heavy (non-hydrogen) atoms. The largest absolute Gasteiger partial charge is 0.480 e. The van der Waals surface area contributed by atoms with Crippen LogP contribution in [0.5, 0.6) is 0 Å². The molecule has 1 heterocycles. The zero-order valence-electron chi connectivity index (χ0n) is 6.11. The van der Waals surface area contributed by atoms with Crippen LogP contribution in [0.3, 0.4) is 0 Å². The Kier molecular flexibility index (Phi) is 4.83. The van der Waals surface area contributed by atoms with Crippen molar-refractivity contribution >= 4 is 23.5 Å². The average molecular weight is 249 g/mol. The molecule has 1 saturated heterocycles. The van der Waals surface area contributed by atoms with Gasteiger partial charge in [-0.05, 0) is 0 Å². The van der Waals surface area contributed by atoms with Crippen LogP contribution in [0.15, 0.2) is 0 Å². The van der Waals surface area contributed by atoms with Gasteiger partial charge in [-0.25, -0.2) is 0 Å². The van der Waals surface area contributed by atoms with E-state index in [1.165, 1.54) is 11.8 Å². The molecule has 1 aliphatic rings. The Bertz CT molecular complexity index is 183. The Hall–Kier alpha value is 0.594. The fraction of sp³-hybridized carbons (Fsp3) is 0.667. The maximum atomic E-state index is 10.8. The summed E-state index contributed by atoms with van der Waals surface area (Å²) in [6, 6.07) is 0. The van der Waals surface area contributed by atoms with E-state index in [1.54, 1.807) is 0 Å². The second-order valence-corrected chi connectivity index (χ2v) is 3.88. The van der Waals surface area contributed by atoms with Crippen LogP contribution in [-0.2, 0) is 42.3 Å². The number of carboxylic acid groups (broad SMARTS) is 1. The predicted octanol–water partition coefficient (Wildman–Crippen LogP) is 0.532. The van der Waals surface area contributed by atoms with E-state index in [0.717, 1.165) is 0 Å². The molecular weight excluding hydrogens is 241 g/mol. The molecule has 2 atom stereocenters. The number of rotatable bonds is 1. The van der Waals surface area contributed by atoms with Crippen molar-refractivity contribution in [2.75, 3.05) is 0 Å². The molecule has 5 heteroatoms. The van der Waals surface area contributed by atoms with Crippen LogP contribution in [-0.4, -0.2) is 27.4 Å². The van der Waals surface area contributed by atoms with E-state index >= 15 is 0 Å². The van der Waals surface area contributed by atoms with Gasteiger partial charge in [0.1, 0.15) is 0 Å². The number of carbonyl (C=O) groups is 2. The third-order valence-electron chi connectivity index (χ3n) is 1.37. The number of Topliss-reactive ketones (excluding diaryl/α,β-unsaturated/α-hetero) is 1. The molecule has 0 aromatic carbocycles. The summed E-state index contributed by atoms with van der Waals surface area (Å²) in [5.41, 5.74) is 0. The van der Waals surface area contributed by atoms with Crippen molar-refractivity contribution in [2.45, 2.75) is 23.8 Å². The maximum absolute atomic E-state index is 10.8. The molecule has 0 amide bonds. The Labute approximate surface area is 94.2 Å². The fourth-order valence-electron chi connectivity index (χ4n) is 0.943. The minimum atomic E-state index is -1.00. The van der Waals surface area contributed by atoms with Crippen molar-refractivity contribution in [3.05, 3.63) is 0 Å². The third-order valence-corrected chi connectivity index (χ3v) is 2.74. The molecule has 0 aliphatic carbocycles. The van der Waals surface area contributed by atoms with Crippen molar-refractivity contribution in [3.8, 4) is 0 Å². The van der Waals surface area contributed by atoms with Crippen molar-refractivity contribution in [2.24, 2.45) is 0 Å². The molecule has 1 aliphatic heterocycles. The van der Waals surface area contributed by atoms with Crippen LogP contribution in [0.1, 0.15) is 13.3 Å². The second kappa shape index (κ2) is 4.58. The van der Waals surface area contributed by atoms with Gasteiger partial charge in [-0.3, -0.25) is 9.59 Å². The first-order chi connectivity index (χ1) is 4.61.